The third-order valence-corrected chi connectivity index (χ3v) is 6.14. The minimum Gasteiger partial charge on any atom is -0.502 e. The van der Waals surface area contributed by atoms with Gasteiger partial charge in [-0.1, -0.05) is 54.6 Å². The summed E-state index contributed by atoms with van der Waals surface area (Å²) in [7, 11) is 0. The zero-order valence-corrected chi connectivity index (χ0v) is 24.7. The largest absolute Gasteiger partial charge is 0.502 e. The molecule has 0 aliphatic heterocycles. The van der Waals surface area contributed by atoms with E-state index in [0.29, 0.717) is 0 Å². The maximum absolute atomic E-state index is 12.9. The molecule has 4 aromatic carbocycles. The van der Waals surface area contributed by atoms with Crippen LogP contribution < -0.4 is 0 Å². The molecule has 0 radical (unpaired) electrons. The Balaban J connectivity index is 0.000000281. The van der Waals surface area contributed by atoms with Gasteiger partial charge in [-0.3, -0.25) is 34.6 Å². The first kappa shape index (κ1) is 38.8. The number of carbonyl (C=O) groups is 3. The smallest absolute Gasteiger partial charge is 0.417 e. The number of aromatic hydroxyl groups is 2. The maximum Gasteiger partial charge on any atom is 0.417 e. The average Bonchev–Trinajstić information content (AvgIpc) is 3.03. The van der Waals surface area contributed by atoms with Crippen molar-refractivity contribution in [2.75, 3.05) is 0 Å². The summed E-state index contributed by atoms with van der Waals surface area (Å²) in [6.45, 7) is 1.23. The number of para-hydroxylation sites is 2. The second-order valence-electron chi connectivity index (χ2n) is 9.40. The van der Waals surface area contributed by atoms with Crippen molar-refractivity contribution < 1.29 is 60.8 Å². The van der Waals surface area contributed by atoms with Gasteiger partial charge in [-0.2, -0.15) is 26.3 Å². The first-order chi connectivity index (χ1) is 22.8. The lowest BCUT2D eigenvalue weighted by Crippen LogP contribution is -2.08. The number of rotatable bonds is 7. The van der Waals surface area contributed by atoms with Crippen LogP contribution in [-0.2, 0) is 12.4 Å². The molecule has 0 spiro atoms. The summed E-state index contributed by atoms with van der Waals surface area (Å²) < 4.78 is 74.8. The van der Waals surface area contributed by atoms with E-state index in [4.69, 9.17) is 0 Å². The fourth-order valence-corrected chi connectivity index (χ4v) is 3.85. The summed E-state index contributed by atoms with van der Waals surface area (Å²) in [5, 5.41) is 40.1. The third-order valence-electron chi connectivity index (χ3n) is 6.14. The van der Waals surface area contributed by atoms with Crippen LogP contribution in [0.2, 0.25) is 0 Å². The van der Waals surface area contributed by atoms with Crippen LogP contribution in [-0.4, -0.2) is 37.9 Å². The summed E-state index contributed by atoms with van der Waals surface area (Å²) in [6.07, 6.45) is -7.06. The number of nitro benzene ring substituents is 2. The van der Waals surface area contributed by atoms with Gasteiger partial charge in [0.2, 0.25) is 11.5 Å². The van der Waals surface area contributed by atoms with Crippen LogP contribution in [0.3, 0.4) is 0 Å². The van der Waals surface area contributed by atoms with Gasteiger partial charge < -0.3 is 10.2 Å². The van der Waals surface area contributed by atoms with Gasteiger partial charge in [0.25, 0.3) is 0 Å². The Labute approximate surface area is 271 Å². The summed E-state index contributed by atoms with van der Waals surface area (Å²) in [6, 6.07) is 16.5. The molecule has 17 heteroatoms. The fraction of sp³-hybridized carbons (Fsp3) is 0.0938. The number of Topliss-reactive ketones (excluding diaryl/α,β-unsaturated/α-hetero) is 1. The average molecular weight is 693 g/mol. The van der Waals surface area contributed by atoms with Crippen molar-refractivity contribution in [3.8, 4) is 11.5 Å². The predicted molar refractivity (Wildman–Crippen MR) is 161 cm³/mol. The molecule has 0 aliphatic rings. The van der Waals surface area contributed by atoms with Crippen LogP contribution in [0.25, 0.3) is 6.08 Å². The maximum atomic E-state index is 12.9. The van der Waals surface area contributed by atoms with Gasteiger partial charge >= 0.3 is 23.7 Å². The van der Waals surface area contributed by atoms with E-state index in [-0.39, 0.29) is 28.5 Å². The number of ketones is 2. The molecule has 0 saturated carbocycles. The number of nitro groups is 2. The van der Waals surface area contributed by atoms with Gasteiger partial charge in [0.1, 0.15) is 0 Å². The lowest BCUT2D eigenvalue weighted by atomic mass is 10.0. The monoisotopic (exact) mass is 692 g/mol. The summed E-state index contributed by atoms with van der Waals surface area (Å²) in [5.41, 5.74) is -3.89. The Kier molecular flexibility index (Phi) is 13.0. The van der Waals surface area contributed by atoms with Crippen molar-refractivity contribution in [1.82, 2.24) is 0 Å². The Morgan fingerprint density at radius 2 is 1.06 bits per heavy atom. The standard InChI is InChI=1S/C16H10F3NO4.C8H5F3O.C8H7NO4/c17-16(18,19)12-6-2-1-4-10(12)8-9-14(21)11-5-3-7-13(15(11)22)20(23)24;9-8(10,11)7-4-2-1-3-6(7)5-12;1-5(10)6-3-2-4-7(8(6)11)9(12)13/h1-9,22H;1-5H;2-4,11H,1H3/b9-8+;;. The van der Waals surface area contributed by atoms with E-state index in [1.54, 1.807) is 0 Å². The van der Waals surface area contributed by atoms with Crippen LogP contribution in [0.5, 0.6) is 11.5 Å². The van der Waals surface area contributed by atoms with Gasteiger partial charge in [0.15, 0.2) is 17.9 Å². The first-order valence-corrected chi connectivity index (χ1v) is 13.2. The number of benzene rings is 4. The number of hydrogen-bond acceptors (Lipinski definition) is 9. The topological polar surface area (TPSA) is 178 Å². The van der Waals surface area contributed by atoms with E-state index in [1.165, 1.54) is 55.5 Å². The Bertz CT molecular complexity index is 1870. The van der Waals surface area contributed by atoms with Crippen molar-refractivity contribution in [2.45, 2.75) is 19.3 Å². The number of carbonyl (C=O) groups excluding carboxylic acids is 3. The number of aldehydes is 1. The van der Waals surface area contributed by atoms with Gasteiger partial charge in [0.05, 0.1) is 32.1 Å². The number of phenols is 2. The van der Waals surface area contributed by atoms with Crippen LogP contribution >= 0.6 is 0 Å². The van der Waals surface area contributed by atoms with Gasteiger partial charge in [-0.15, -0.1) is 0 Å². The third kappa shape index (κ3) is 10.6. The molecule has 4 aromatic rings. The second kappa shape index (κ2) is 16.4. The molecular weight excluding hydrogens is 670 g/mol. The highest BCUT2D eigenvalue weighted by Gasteiger charge is 2.33. The normalized spacial score (nSPS) is 11.0. The lowest BCUT2D eigenvalue weighted by Gasteiger charge is -2.09. The number of halogens is 6. The van der Waals surface area contributed by atoms with Crippen molar-refractivity contribution in [2.24, 2.45) is 0 Å². The Morgan fingerprint density at radius 3 is 1.47 bits per heavy atom. The Morgan fingerprint density at radius 1 is 0.653 bits per heavy atom. The second-order valence-corrected chi connectivity index (χ2v) is 9.40. The molecule has 0 heterocycles. The molecule has 0 amide bonds. The van der Waals surface area contributed by atoms with Crippen LogP contribution in [0.1, 0.15) is 54.7 Å². The van der Waals surface area contributed by atoms with E-state index in [1.807, 2.05) is 0 Å². The molecule has 4 rings (SSSR count). The van der Waals surface area contributed by atoms with Gasteiger partial charge in [-0.05, 0) is 42.8 Å². The van der Waals surface area contributed by atoms with E-state index >= 15 is 0 Å². The molecule has 49 heavy (non-hydrogen) atoms. The molecule has 256 valence electrons. The summed E-state index contributed by atoms with van der Waals surface area (Å²) in [4.78, 5) is 52.5. The summed E-state index contributed by atoms with van der Waals surface area (Å²) in [5.74, 6) is -2.66. The zero-order chi connectivity index (χ0) is 37.1. The van der Waals surface area contributed by atoms with Gasteiger partial charge in [-0.25, -0.2) is 0 Å². The van der Waals surface area contributed by atoms with Crippen LogP contribution in [0.4, 0.5) is 37.7 Å². The molecule has 0 unspecified atom stereocenters. The van der Waals surface area contributed by atoms with E-state index in [2.05, 4.69) is 0 Å². The molecule has 0 bridgehead atoms. The highest BCUT2D eigenvalue weighted by atomic mass is 19.4. The Hall–Kier alpha value is -6.39. The molecule has 0 fully saturated rings. The molecule has 11 nitrogen and oxygen atoms in total. The van der Waals surface area contributed by atoms with Crippen molar-refractivity contribution in [1.29, 1.82) is 0 Å². The quantitative estimate of drug-likeness (QED) is 0.0482. The van der Waals surface area contributed by atoms with Crippen LogP contribution in [0.15, 0.2) is 91.0 Å². The minimum absolute atomic E-state index is 0.0331. The number of hydrogen-bond donors (Lipinski definition) is 2. The number of nitrogens with zero attached hydrogens (tertiary/aromatic N) is 2. The van der Waals surface area contributed by atoms with Crippen molar-refractivity contribution >= 4 is 35.3 Å². The van der Waals surface area contributed by atoms with E-state index in [9.17, 15) is 71.2 Å². The number of alkyl halides is 6. The van der Waals surface area contributed by atoms with E-state index < -0.39 is 67.8 Å². The molecule has 0 aromatic heterocycles. The molecule has 0 aliphatic carbocycles. The van der Waals surface area contributed by atoms with E-state index in [0.717, 1.165) is 48.6 Å². The van der Waals surface area contributed by atoms with Crippen LogP contribution in [0, 0.1) is 20.2 Å². The summed E-state index contributed by atoms with van der Waals surface area (Å²) >= 11 is 0. The molecule has 0 saturated heterocycles. The molecule has 2 N–H and O–H groups in total. The highest BCUT2D eigenvalue weighted by molar-refractivity contribution is 6.09. The molecular formula is C32H22F6N2O9. The first-order valence-electron chi connectivity index (χ1n) is 13.2. The zero-order valence-electron chi connectivity index (χ0n) is 24.7. The van der Waals surface area contributed by atoms with Crippen molar-refractivity contribution in [3.63, 3.8) is 0 Å². The van der Waals surface area contributed by atoms with Gasteiger partial charge in [0, 0.05) is 17.7 Å². The number of allylic oxidation sites excluding steroid dienone is 1. The SMILES string of the molecule is CC(=O)c1cccc([N+](=O)[O-])c1O.O=C(/C=C/c1ccccc1C(F)(F)F)c1cccc([N+](=O)[O-])c1O.O=Cc1ccccc1C(F)(F)F. The van der Waals surface area contributed by atoms with Crippen molar-refractivity contribution in [3.05, 3.63) is 145 Å². The molecule has 0 atom stereocenters. The predicted octanol–water partition coefficient (Wildman–Crippen LogP) is 8.24. The lowest BCUT2D eigenvalue weighted by molar-refractivity contribution is -0.386. The minimum atomic E-state index is -4.59. The fourth-order valence-electron chi connectivity index (χ4n) is 3.85. The number of phenolic OH excluding ortho intramolecular Hbond substituents is 2. The highest BCUT2D eigenvalue weighted by Crippen LogP contribution is 2.34.